The summed E-state index contributed by atoms with van der Waals surface area (Å²) in [6.07, 6.45) is 1.47. The van der Waals surface area contributed by atoms with Gasteiger partial charge in [0.15, 0.2) is 5.69 Å². The number of nitrogens with two attached hydrogens (primary N) is 1. The van der Waals surface area contributed by atoms with Gasteiger partial charge in [-0.25, -0.2) is 4.68 Å². The highest BCUT2D eigenvalue weighted by molar-refractivity contribution is 5.93. The van der Waals surface area contributed by atoms with Crippen LogP contribution in [0.25, 0.3) is 5.69 Å². The van der Waals surface area contributed by atoms with E-state index >= 15 is 0 Å². The van der Waals surface area contributed by atoms with Gasteiger partial charge in [-0.1, -0.05) is 24.3 Å². The second-order valence-corrected chi connectivity index (χ2v) is 7.06. The van der Waals surface area contributed by atoms with E-state index in [-0.39, 0.29) is 12.0 Å². The zero-order valence-electron chi connectivity index (χ0n) is 17.1. The minimum Gasteiger partial charge on any atom is -0.491 e. The molecule has 2 aromatic carbocycles. The summed E-state index contributed by atoms with van der Waals surface area (Å²) in [6, 6.07) is 15.2. The summed E-state index contributed by atoms with van der Waals surface area (Å²) >= 11 is 0. The normalized spacial score (nSPS) is 10.9. The molecule has 1 amide bonds. The maximum atomic E-state index is 12.6. The lowest BCUT2D eigenvalue weighted by molar-refractivity contribution is 0.0948. The molecule has 152 valence electrons. The van der Waals surface area contributed by atoms with E-state index < -0.39 is 0 Å². The van der Waals surface area contributed by atoms with Gasteiger partial charge in [-0.15, -0.1) is 5.10 Å². The molecule has 0 unspecified atom stereocenters. The van der Waals surface area contributed by atoms with Gasteiger partial charge in [0.1, 0.15) is 5.75 Å². The number of nitrogen functional groups attached to an aromatic ring is 1. The smallest absolute Gasteiger partial charge is 0.273 e. The van der Waals surface area contributed by atoms with Crippen molar-refractivity contribution in [3.8, 4) is 11.4 Å². The summed E-state index contributed by atoms with van der Waals surface area (Å²) < 4.78 is 7.38. The number of hydrogen-bond acceptors (Lipinski definition) is 5. The fourth-order valence-electron chi connectivity index (χ4n) is 3.03. The van der Waals surface area contributed by atoms with E-state index in [1.165, 1.54) is 0 Å². The van der Waals surface area contributed by atoms with Crippen molar-refractivity contribution in [2.45, 2.75) is 39.7 Å². The van der Waals surface area contributed by atoms with Gasteiger partial charge in [-0.2, -0.15) is 0 Å². The lowest BCUT2D eigenvalue weighted by Crippen LogP contribution is -2.27. The first-order valence-electron chi connectivity index (χ1n) is 9.82. The first-order valence-corrected chi connectivity index (χ1v) is 9.82. The zero-order valence-corrected chi connectivity index (χ0v) is 17.1. The number of nitrogens with zero attached hydrogens (tertiary/aromatic N) is 3. The number of rotatable bonds is 8. The Morgan fingerprint density at radius 2 is 1.83 bits per heavy atom. The summed E-state index contributed by atoms with van der Waals surface area (Å²) in [5, 5.41) is 11.2. The van der Waals surface area contributed by atoms with E-state index in [1.54, 1.807) is 4.68 Å². The monoisotopic (exact) mass is 393 g/mol. The van der Waals surface area contributed by atoms with Gasteiger partial charge in [-0.3, -0.25) is 4.79 Å². The van der Waals surface area contributed by atoms with E-state index in [4.69, 9.17) is 10.5 Å². The minimum atomic E-state index is -0.219. The van der Waals surface area contributed by atoms with Crippen molar-refractivity contribution < 1.29 is 9.53 Å². The van der Waals surface area contributed by atoms with Gasteiger partial charge >= 0.3 is 0 Å². The highest BCUT2D eigenvalue weighted by atomic mass is 16.5. The van der Waals surface area contributed by atoms with Crippen LogP contribution < -0.4 is 15.8 Å². The fraction of sp³-hybridized carbons (Fsp3) is 0.318. The summed E-state index contributed by atoms with van der Waals surface area (Å²) in [7, 11) is 0. The van der Waals surface area contributed by atoms with Gasteiger partial charge in [0.2, 0.25) is 0 Å². The predicted octanol–water partition coefficient (Wildman–Crippen LogP) is 3.17. The molecule has 0 saturated heterocycles. The predicted molar refractivity (Wildman–Crippen MR) is 113 cm³/mol. The van der Waals surface area contributed by atoms with E-state index in [2.05, 4.69) is 15.6 Å². The van der Waals surface area contributed by atoms with Gasteiger partial charge in [-0.05, 0) is 68.7 Å². The highest BCUT2D eigenvalue weighted by Gasteiger charge is 2.19. The molecule has 0 fully saturated rings. The molecule has 0 saturated carbocycles. The summed E-state index contributed by atoms with van der Waals surface area (Å²) in [4.78, 5) is 12.6. The van der Waals surface area contributed by atoms with Gasteiger partial charge in [0.25, 0.3) is 5.91 Å². The standard InChI is InChI=1S/C22H27N5O2/c1-4-20-21(22(28)24-14-13-16-5-7-17(23)8-6-16)25-26-27(20)18-9-11-19(12-10-18)29-15(2)3/h5-12,15H,4,13-14,23H2,1-3H3,(H,24,28). The molecule has 0 spiro atoms. The molecule has 3 N–H and O–H groups in total. The van der Waals surface area contributed by atoms with Crippen LogP contribution in [-0.2, 0) is 12.8 Å². The first-order chi connectivity index (χ1) is 14.0. The number of benzene rings is 2. The van der Waals surface area contributed by atoms with Crippen LogP contribution >= 0.6 is 0 Å². The van der Waals surface area contributed by atoms with Gasteiger partial charge < -0.3 is 15.8 Å². The third kappa shape index (κ3) is 5.13. The molecule has 0 aliphatic rings. The molecular formula is C22H27N5O2. The number of hydrogen-bond donors (Lipinski definition) is 2. The Labute approximate surface area is 170 Å². The first kappa shape index (κ1) is 20.4. The molecule has 29 heavy (non-hydrogen) atoms. The van der Waals surface area contributed by atoms with Gasteiger partial charge in [0, 0.05) is 12.2 Å². The van der Waals surface area contributed by atoms with Crippen molar-refractivity contribution >= 4 is 11.6 Å². The molecule has 0 atom stereocenters. The average Bonchev–Trinajstić information content (AvgIpc) is 3.13. The maximum Gasteiger partial charge on any atom is 0.273 e. The van der Waals surface area contributed by atoms with Crippen LogP contribution in [0.1, 0.15) is 42.5 Å². The Hall–Kier alpha value is -3.35. The Morgan fingerprint density at radius 3 is 2.45 bits per heavy atom. The molecule has 7 nitrogen and oxygen atoms in total. The third-order valence-corrected chi connectivity index (χ3v) is 4.45. The Balaban J connectivity index is 1.68. The average molecular weight is 393 g/mol. The number of aromatic nitrogens is 3. The van der Waals surface area contributed by atoms with Crippen molar-refractivity contribution in [2.24, 2.45) is 0 Å². The summed E-state index contributed by atoms with van der Waals surface area (Å²) in [5.41, 5.74) is 9.50. The molecule has 0 bridgehead atoms. The van der Waals surface area contributed by atoms with E-state index in [1.807, 2.05) is 69.3 Å². The second kappa shape index (κ2) is 9.23. The number of nitrogens with one attached hydrogen (secondary N) is 1. The quantitative estimate of drug-likeness (QED) is 0.573. The van der Waals surface area contributed by atoms with Crippen LogP contribution in [0.2, 0.25) is 0 Å². The summed E-state index contributed by atoms with van der Waals surface area (Å²) in [5.74, 6) is 0.575. The highest BCUT2D eigenvalue weighted by Crippen LogP contribution is 2.19. The molecule has 3 rings (SSSR count). The van der Waals surface area contributed by atoms with Crippen molar-refractivity contribution in [3.63, 3.8) is 0 Å². The minimum absolute atomic E-state index is 0.113. The van der Waals surface area contributed by atoms with Crippen molar-refractivity contribution in [1.29, 1.82) is 0 Å². The van der Waals surface area contributed by atoms with Crippen molar-refractivity contribution in [1.82, 2.24) is 20.3 Å². The van der Waals surface area contributed by atoms with Crippen LogP contribution in [0, 0.1) is 0 Å². The molecule has 0 aliphatic heterocycles. The Bertz CT molecular complexity index is 946. The van der Waals surface area contributed by atoms with Crippen LogP contribution in [0.5, 0.6) is 5.75 Å². The summed E-state index contributed by atoms with van der Waals surface area (Å²) in [6.45, 7) is 6.47. The number of amides is 1. The number of anilines is 1. The Morgan fingerprint density at radius 1 is 1.14 bits per heavy atom. The largest absolute Gasteiger partial charge is 0.491 e. The van der Waals surface area contributed by atoms with Crippen molar-refractivity contribution in [2.75, 3.05) is 12.3 Å². The zero-order chi connectivity index (χ0) is 20.8. The maximum absolute atomic E-state index is 12.6. The van der Waals surface area contributed by atoms with Gasteiger partial charge in [0.05, 0.1) is 17.5 Å². The molecule has 0 aliphatic carbocycles. The fourth-order valence-corrected chi connectivity index (χ4v) is 3.03. The Kier molecular flexibility index (Phi) is 6.49. The van der Waals surface area contributed by atoms with E-state index in [0.29, 0.717) is 18.7 Å². The van der Waals surface area contributed by atoms with Crippen molar-refractivity contribution in [3.05, 3.63) is 65.5 Å². The van der Waals surface area contributed by atoms with Crippen LogP contribution in [0.4, 0.5) is 5.69 Å². The SMILES string of the molecule is CCc1c(C(=O)NCCc2ccc(N)cc2)nnn1-c1ccc(OC(C)C)cc1. The van der Waals surface area contributed by atoms with Crippen LogP contribution in [0.3, 0.4) is 0 Å². The molecule has 1 aromatic heterocycles. The van der Waals surface area contributed by atoms with Crippen LogP contribution in [-0.4, -0.2) is 33.5 Å². The molecular weight excluding hydrogens is 366 g/mol. The lowest BCUT2D eigenvalue weighted by atomic mass is 10.1. The molecule has 1 heterocycles. The number of carbonyl (C=O) groups is 1. The lowest BCUT2D eigenvalue weighted by Gasteiger charge is -2.11. The number of carbonyl (C=O) groups excluding carboxylic acids is 1. The second-order valence-electron chi connectivity index (χ2n) is 7.06. The van der Waals surface area contributed by atoms with Crippen LogP contribution in [0.15, 0.2) is 48.5 Å². The molecule has 0 radical (unpaired) electrons. The topological polar surface area (TPSA) is 95.1 Å². The third-order valence-electron chi connectivity index (χ3n) is 4.45. The molecule has 3 aromatic rings. The van der Waals surface area contributed by atoms with E-state index in [9.17, 15) is 4.79 Å². The number of ether oxygens (including phenoxy) is 1. The molecule has 7 heteroatoms. The van der Waals surface area contributed by atoms with E-state index in [0.717, 1.165) is 34.8 Å².